The summed E-state index contributed by atoms with van der Waals surface area (Å²) < 4.78 is 1.61. The van der Waals surface area contributed by atoms with E-state index in [2.05, 4.69) is 33.1 Å². The Kier molecular flexibility index (Phi) is 6.90. The molecule has 3 rings (SSSR count). The number of rotatable bonds is 5. The minimum Gasteiger partial charge on any atom is -0.350 e. The van der Waals surface area contributed by atoms with Gasteiger partial charge in [0, 0.05) is 18.5 Å². The second kappa shape index (κ2) is 8.92. The average Bonchev–Trinajstić information content (AvgIpc) is 3.01. The van der Waals surface area contributed by atoms with Gasteiger partial charge in [-0.3, -0.25) is 4.79 Å². The fourth-order valence-corrected chi connectivity index (χ4v) is 3.17. The highest BCUT2D eigenvalue weighted by molar-refractivity contribution is 5.85. The number of halogens is 1. The summed E-state index contributed by atoms with van der Waals surface area (Å²) >= 11 is 0. The van der Waals surface area contributed by atoms with Crippen LogP contribution in [0.4, 0.5) is 0 Å². The number of tetrazole rings is 1. The highest BCUT2D eigenvalue weighted by Gasteiger charge is 2.29. The Hall–Kier alpha value is -1.99. The molecule has 0 aliphatic carbocycles. The van der Waals surface area contributed by atoms with Crippen molar-refractivity contribution in [2.24, 2.45) is 0 Å². The smallest absolute Gasteiger partial charge is 0.245 e. The van der Waals surface area contributed by atoms with E-state index in [1.807, 2.05) is 37.3 Å². The van der Waals surface area contributed by atoms with Gasteiger partial charge < -0.3 is 10.6 Å². The van der Waals surface area contributed by atoms with Crippen molar-refractivity contribution in [3.8, 4) is 0 Å². The van der Waals surface area contributed by atoms with Gasteiger partial charge in [-0.25, -0.2) is 4.68 Å². The number of piperidine rings is 1. The highest BCUT2D eigenvalue weighted by atomic mass is 35.5. The Morgan fingerprint density at radius 2 is 2.16 bits per heavy atom. The van der Waals surface area contributed by atoms with Crippen LogP contribution >= 0.6 is 12.4 Å². The number of hydrogen-bond acceptors (Lipinski definition) is 5. The molecule has 1 saturated heterocycles. The van der Waals surface area contributed by atoms with Gasteiger partial charge in [-0.1, -0.05) is 30.3 Å². The summed E-state index contributed by atoms with van der Waals surface area (Å²) in [6.07, 6.45) is 2.63. The SMILES string of the molecule is Cc1nnnn1C(Cc1ccccc1)C(=O)NC1CCCNC1C.Cl. The van der Waals surface area contributed by atoms with Crippen molar-refractivity contribution in [3.63, 3.8) is 0 Å². The third-order valence-corrected chi connectivity index (χ3v) is 4.62. The molecule has 2 N–H and O–H groups in total. The van der Waals surface area contributed by atoms with E-state index in [1.165, 1.54) is 0 Å². The van der Waals surface area contributed by atoms with E-state index < -0.39 is 6.04 Å². The molecule has 1 amide bonds. The number of carbonyl (C=O) groups excluding carboxylic acids is 1. The number of carbonyl (C=O) groups is 1. The maximum atomic E-state index is 13.0. The lowest BCUT2D eigenvalue weighted by molar-refractivity contribution is -0.125. The van der Waals surface area contributed by atoms with Crippen LogP contribution in [0.5, 0.6) is 0 Å². The Balaban J connectivity index is 0.00000225. The van der Waals surface area contributed by atoms with Crippen molar-refractivity contribution in [3.05, 3.63) is 41.7 Å². The van der Waals surface area contributed by atoms with Gasteiger partial charge in [-0.2, -0.15) is 0 Å². The van der Waals surface area contributed by atoms with Crippen LogP contribution in [0.15, 0.2) is 30.3 Å². The van der Waals surface area contributed by atoms with Gasteiger partial charge in [0.1, 0.15) is 11.9 Å². The molecule has 0 radical (unpaired) electrons. The predicted molar refractivity (Wildman–Crippen MR) is 97.6 cm³/mol. The first kappa shape index (κ1) is 19.3. The van der Waals surface area contributed by atoms with E-state index in [0.29, 0.717) is 12.2 Å². The number of amides is 1. The Morgan fingerprint density at radius 1 is 1.40 bits per heavy atom. The molecule has 7 nitrogen and oxygen atoms in total. The molecule has 3 atom stereocenters. The number of nitrogens with zero attached hydrogens (tertiary/aromatic N) is 4. The zero-order chi connectivity index (χ0) is 16.9. The molecule has 1 aliphatic rings. The summed E-state index contributed by atoms with van der Waals surface area (Å²) in [5.74, 6) is 0.607. The van der Waals surface area contributed by atoms with Crippen molar-refractivity contribution >= 4 is 18.3 Å². The first-order valence-electron chi connectivity index (χ1n) is 8.47. The van der Waals surface area contributed by atoms with Crippen molar-refractivity contribution in [1.29, 1.82) is 0 Å². The van der Waals surface area contributed by atoms with E-state index in [0.717, 1.165) is 24.9 Å². The molecule has 1 fully saturated rings. The van der Waals surface area contributed by atoms with Gasteiger partial charge in [0.15, 0.2) is 0 Å². The van der Waals surface area contributed by atoms with E-state index in [-0.39, 0.29) is 30.4 Å². The molecular weight excluding hydrogens is 340 g/mol. The van der Waals surface area contributed by atoms with Crippen molar-refractivity contribution in [2.45, 2.75) is 51.2 Å². The molecule has 0 bridgehead atoms. The molecule has 0 spiro atoms. The number of hydrogen-bond donors (Lipinski definition) is 2. The van der Waals surface area contributed by atoms with Crippen LogP contribution < -0.4 is 10.6 Å². The fourth-order valence-electron chi connectivity index (χ4n) is 3.17. The zero-order valence-electron chi connectivity index (χ0n) is 14.6. The van der Waals surface area contributed by atoms with Crippen molar-refractivity contribution in [2.75, 3.05) is 6.54 Å². The summed E-state index contributed by atoms with van der Waals surface area (Å²) in [6, 6.07) is 9.92. The summed E-state index contributed by atoms with van der Waals surface area (Å²) in [5.41, 5.74) is 1.09. The van der Waals surface area contributed by atoms with Crippen LogP contribution in [-0.2, 0) is 11.2 Å². The van der Waals surface area contributed by atoms with Crippen molar-refractivity contribution < 1.29 is 4.79 Å². The molecule has 136 valence electrons. The summed E-state index contributed by atoms with van der Waals surface area (Å²) in [4.78, 5) is 13.0. The summed E-state index contributed by atoms with van der Waals surface area (Å²) in [5, 5.41) is 18.3. The molecule has 2 aromatic rings. The van der Waals surface area contributed by atoms with Gasteiger partial charge in [-0.15, -0.1) is 17.5 Å². The summed E-state index contributed by atoms with van der Waals surface area (Å²) in [6.45, 7) is 4.93. The van der Waals surface area contributed by atoms with Gasteiger partial charge in [-0.05, 0) is 49.2 Å². The maximum Gasteiger partial charge on any atom is 0.245 e. The molecule has 1 aliphatic heterocycles. The lowest BCUT2D eigenvalue weighted by atomic mass is 9.98. The normalized spacial score (nSPS) is 21.2. The quantitative estimate of drug-likeness (QED) is 0.838. The Morgan fingerprint density at radius 3 is 2.80 bits per heavy atom. The topological polar surface area (TPSA) is 84.7 Å². The third kappa shape index (κ3) is 4.76. The summed E-state index contributed by atoms with van der Waals surface area (Å²) in [7, 11) is 0. The van der Waals surface area contributed by atoms with Crippen LogP contribution in [0.3, 0.4) is 0 Å². The van der Waals surface area contributed by atoms with Gasteiger partial charge in [0.25, 0.3) is 0 Å². The first-order valence-corrected chi connectivity index (χ1v) is 8.47. The van der Waals surface area contributed by atoms with Crippen LogP contribution in [0.25, 0.3) is 0 Å². The van der Waals surface area contributed by atoms with Gasteiger partial charge in [0.05, 0.1) is 0 Å². The molecule has 25 heavy (non-hydrogen) atoms. The van der Waals surface area contributed by atoms with E-state index >= 15 is 0 Å². The number of aryl methyl sites for hydroxylation is 1. The first-order chi connectivity index (χ1) is 11.6. The minimum atomic E-state index is -0.448. The molecule has 1 aromatic carbocycles. The largest absolute Gasteiger partial charge is 0.350 e. The molecule has 0 saturated carbocycles. The maximum absolute atomic E-state index is 13.0. The van der Waals surface area contributed by atoms with Crippen LogP contribution in [0, 0.1) is 6.92 Å². The fraction of sp³-hybridized carbons (Fsp3) is 0.529. The number of benzene rings is 1. The van der Waals surface area contributed by atoms with E-state index in [9.17, 15) is 4.79 Å². The standard InChI is InChI=1S/C17H24N6O.ClH/c1-12-15(9-6-10-18-12)19-17(24)16(23-13(2)20-21-22-23)11-14-7-4-3-5-8-14;/h3-5,7-8,12,15-16,18H,6,9-11H2,1-2H3,(H,19,24);1H. The van der Waals surface area contributed by atoms with Gasteiger partial charge >= 0.3 is 0 Å². The zero-order valence-corrected chi connectivity index (χ0v) is 15.4. The van der Waals surface area contributed by atoms with Crippen molar-refractivity contribution in [1.82, 2.24) is 30.8 Å². The third-order valence-electron chi connectivity index (χ3n) is 4.62. The average molecular weight is 365 g/mol. The second-order valence-corrected chi connectivity index (χ2v) is 6.38. The number of aromatic nitrogens is 4. The van der Waals surface area contributed by atoms with Crippen LogP contribution in [-0.4, -0.2) is 44.7 Å². The monoisotopic (exact) mass is 364 g/mol. The lowest BCUT2D eigenvalue weighted by Gasteiger charge is -2.32. The predicted octanol–water partition coefficient (Wildman–Crippen LogP) is 1.44. The molecule has 8 heteroatoms. The highest BCUT2D eigenvalue weighted by Crippen LogP contribution is 2.17. The molecule has 2 heterocycles. The van der Waals surface area contributed by atoms with Crippen LogP contribution in [0.2, 0.25) is 0 Å². The van der Waals surface area contributed by atoms with E-state index in [1.54, 1.807) is 4.68 Å². The lowest BCUT2D eigenvalue weighted by Crippen LogP contribution is -2.53. The molecule has 3 unspecified atom stereocenters. The van der Waals surface area contributed by atoms with Crippen LogP contribution in [0.1, 0.15) is 37.2 Å². The minimum absolute atomic E-state index is 0. The number of nitrogens with one attached hydrogen (secondary N) is 2. The molecular formula is C17H25ClN6O. The van der Waals surface area contributed by atoms with E-state index in [4.69, 9.17) is 0 Å². The Bertz CT molecular complexity index is 677. The second-order valence-electron chi connectivity index (χ2n) is 6.38. The molecule has 1 aromatic heterocycles. The Labute approximate surface area is 154 Å². The van der Waals surface area contributed by atoms with Gasteiger partial charge in [0.2, 0.25) is 5.91 Å².